The van der Waals surface area contributed by atoms with Crippen LogP contribution in [0.25, 0.3) is 0 Å². The molecule has 3 atom stereocenters. The lowest BCUT2D eigenvalue weighted by atomic mass is 9.93. The number of piperidine rings is 1. The van der Waals surface area contributed by atoms with Crippen molar-refractivity contribution in [1.82, 2.24) is 19.8 Å². The molecule has 0 amide bonds. The normalized spacial score (nSPS) is 25.1. The summed E-state index contributed by atoms with van der Waals surface area (Å²) in [6.07, 6.45) is 8.23. The van der Waals surface area contributed by atoms with E-state index in [0.29, 0.717) is 17.9 Å². The van der Waals surface area contributed by atoms with Gasteiger partial charge in [-0.1, -0.05) is 24.6 Å². The highest BCUT2D eigenvalue weighted by Gasteiger charge is 2.30. The lowest BCUT2D eigenvalue weighted by molar-refractivity contribution is 0.188. The van der Waals surface area contributed by atoms with Crippen LogP contribution >= 0.6 is 11.6 Å². The second-order valence-electron chi connectivity index (χ2n) is 8.75. The summed E-state index contributed by atoms with van der Waals surface area (Å²) in [4.78, 5) is 13.7. The van der Waals surface area contributed by atoms with Crippen LogP contribution in [0.5, 0.6) is 0 Å². The summed E-state index contributed by atoms with van der Waals surface area (Å²) >= 11 is 6.23. The van der Waals surface area contributed by atoms with Crippen LogP contribution in [0.2, 0.25) is 5.02 Å². The summed E-state index contributed by atoms with van der Waals surface area (Å²) in [5, 5.41) is 4.47. The summed E-state index contributed by atoms with van der Waals surface area (Å²) < 4.78 is 2.24. The zero-order valence-electron chi connectivity index (χ0n) is 18.3. The first-order chi connectivity index (χ1) is 14.5. The van der Waals surface area contributed by atoms with Gasteiger partial charge in [0, 0.05) is 62.9 Å². The predicted molar refractivity (Wildman–Crippen MR) is 124 cm³/mol. The molecule has 2 saturated heterocycles. The fraction of sp³-hybridized carbons (Fsp3) is 0.565. The molecule has 1 N–H and O–H groups in total. The van der Waals surface area contributed by atoms with E-state index in [2.05, 4.69) is 61.8 Å². The molecule has 0 bridgehead atoms. The van der Waals surface area contributed by atoms with Gasteiger partial charge in [-0.05, 0) is 49.3 Å². The quantitative estimate of drug-likeness (QED) is 0.594. The molecule has 0 saturated carbocycles. The van der Waals surface area contributed by atoms with Crippen molar-refractivity contribution in [2.75, 3.05) is 44.7 Å². The minimum absolute atomic E-state index is 0.438. The molecule has 3 unspecified atom stereocenters. The maximum absolute atomic E-state index is 6.23. The summed E-state index contributed by atoms with van der Waals surface area (Å²) in [5.74, 6) is 2.26. The van der Waals surface area contributed by atoms with E-state index < -0.39 is 0 Å². The van der Waals surface area contributed by atoms with E-state index in [-0.39, 0.29) is 0 Å². The molecule has 2 aliphatic rings. The number of imidazole rings is 1. The third-order valence-corrected chi connectivity index (χ3v) is 6.92. The number of aryl methyl sites for hydroxylation is 1. The highest BCUT2D eigenvalue weighted by molar-refractivity contribution is 6.30. The van der Waals surface area contributed by atoms with Crippen molar-refractivity contribution in [3.8, 4) is 0 Å². The number of guanidine groups is 1. The third kappa shape index (κ3) is 4.59. The van der Waals surface area contributed by atoms with Crippen molar-refractivity contribution >= 4 is 23.2 Å². The Morgan fingerprint density at radius 2 is 2.13 bits per heavy atom. The number of benzene rings is 1. The van der Waals surface area contributed by atoms with Gasteiger partial charge in [0.15, 0.2) is 5.96 Å². The van der Waals surface area contributed by atoms with Gasteiger partial charge >= 0.3 is 0 Å². The summed E-state index contributed by atoms with van der Waals surface area (Å²) in [6.45, 7) is 9.59. The van der Waals surface area contributed by atoms with Crippen LogP contribution in [0.15, 0.2) is 41.9 Å². The van der Waals surface area contributed by atoms with Gasteiger partial charge in [0.05, 0.1) is 12.4 Å². The molecular weight excluding hydrogens is 396 g/mol. The molecular formula is C23H33ClN6. The number of anilines is 1. The van der Waals surface area contributed by atoms with Crippen molar-refractivity contribution in [3.63, 3.8) is 0 Å². The highest BCUT2D eigenvalue weighted by Crippen LogP contribution is 2.30. The van der Waals surface area contributed by atoms with Crippen molar-refractivity contribution in [2.24, 2.45) is 16.8 Å². The zero-order chi connectivity index (χ0) is 21.1. The summed E-state index contributed by atoms with van der Waals surface area (Å²) in [5.41, 5.74) is 2.55. The molecule has 2 aromatic rings. The molecule has 162 valence electrons. The Balaban J connectivity index is 1.33. The molecule has 4 rings (SSSR count). The Morgan fingerprint density at radius 3 is 2.90 bits per heavy atom. The molecule has 1 aromatic carbocycles. The van der Waals surface area contributed by atoms with Crippen molar-refractivity contribution in [1.29, 1.82) is 0 Å². The Morgan fingerprint density at radius 1 is 1.27 bits per heavy atom. The lowest BCUT2D eigenvalue weighted by Gasteiger charge is -2.39. The molecule has 30 heavy (non-hydrogen) atoms. The summed E-state index contributed by atoms with van der Waals surface area (Å²) in [6, 6.07) is 6.61. The Kier molecular flexibility index (Phi) is 6.52. The fourth-order valence-corrected chi connectivity index (χ4v) is 4.97. The molecule has 6 nitrogen and oxygen atoms in total. The van der Waals surface area contributed by atoms with Crippen LogP contribution in [0.1, 0.15) is 31.4 Å². The Labute approximate surface area is 184 Å². The van der Waals surface area contributed by atoms with Gasteiger partial charge in [0.25, 0.3) is 0 Å². The maximum Gasteiger partial charge on any atom is 0.193 e. The highest BCUT2D eigenvalue weighted by atomic mass is 35.5. The Hall–Kier alpha value is -2.21. The van der Waals surface area contributed by atoms with Crippen LogP contribution in [-0.2, 0) is 0 Å². The molecule has 7 heteroatoms. The van der Waals surface area contributed by atoms with Gasteiger partial charge in [-0.2, -0.15) is 0 Å². The van der Waals surface area contributed by atoms with Gasteiger partial charge in [-0.15, -0.1) is 0 Å². The second kappa shape index (κ2) is 9.29. The number of hydrogen-bond donors (Lipinski definition) is 1. The van der Waals surface area contributed by atoms with Crippen molar-refractivity contribution in [2.45, 2.75) is 32.7 Å². The lowest BCUT2D eigenvalue weighted by Crippen LogP contribution is -2.49. The van der Waals surface area contributed by atoms with Gasteiger partial charge in [0.1, 0.15) is 0 Å². The van der Waals surface area contributed by atoms with Gasteiger partial charge in [-0.25, -0.2) is 4.98 Å². The standard InChI is InChI=1S/C23H33ClN6/c1-17-4-5-20(24)12-21(17)28-10-7-19(14-28)13-27-23(25-3)29-9-6-18(2)22(15-29)30-11-8-26-16-30/h4-5,8,11-12,16,18-19,22H,6-7,9-10,13-15H2,1-3H3,(H,25,27). The molecule has 1 aromatic heterocycles. The van der Waals surface area contributed by atoms with Crippen LogP contribution in [-0.4, -0.2) is 60.2 Å². The Bertz CT molecular complexity index is 865. The molecule has 2 fully saturated rings. The third-order valence-electron chi connectivity index (χ3n) is 6.68. The van der Waals surface area contributed by atoms with Crippen LogP contribution < -0.4 is 10.2 Å². The monoisotopic (exact) mass is 428 g/mol. The number of aromatic nitrogens is 2. The second-order valence-corrected chi connectivity index (χ2v) is 9.19. The van der Waals surface area contributed by atoms with Gasteiger partial charge < -0.3 is 19.7 Å². The van der Waals surface area contributed by atoms with Crippen molar-refractivity contribution in [3.05, 3.63) is 47.5 Å². The van der Waals surface area contributed by atoms with E-state index >= 15 is 0 Å². The maximum atomic E-state index is 6.23. The molecule has 2 aliphatic heterocycles. The zero-order valence-corrected chi connectivity index (χ0v) is 19.0. The molecule has 0 aliphatic carbocycles. The van der Waals surface area contributed by atoms with E-state index in [1.807, 2.05) is 25.6 Å². The predicted octanol–water partition coefficient (Wildman–Crippen LogP) is 3.83. The van der Waals surface area contributed by atoms with Gasteiger partial charge in [0.2, 0.25) is 0 Å². The first kappa shape index (κ1) is 21.0. The van der Waals surface area contributed by atoms with E-state index in [1.165, 1.54) is 17.7 Å². The minimum Gasteiger partial charge on any atom is -0.371 e. The van der Waals surface area contributed by atoms with E-state index in [1.54, 1.807) is 0 Å². The SMILES string of the molecule is CN=C(NCC1CCN(c2cc(Cl)ccc2C)C1)N1CCC(C)C(n2ccnc2)C1. The average molecular weight is 429 g/mol. The number of aliphatic imine (C=N–C) groups is 1. The van der Waals surface area contributed by atoms with Crippen LogP contribution in [0.4, 0.5) is 5.69 Å². The number of rotatable bonds is 4. The molecule has 3 heterocycles. The largest absolute Gasteiger partial charge is 0.371 e. The average Bonchev–Trinajstić information content (AvgIpc) is 3.43. The molecule has 0 radical (unpaired) electrons. The minimum atomic E-state index is 0.438. The first-order valence-corrected chi connectivity index (χ1v) is 11.4. The fourth-order valence-electron chi connectivity index (χ4n) is 4.80. The van der Waals surface area contributed by atoms with Crippen LogP contribution in [0, 0.1) is 18.8 Å². The number of halogens is 1. The molecule has 0 spiro atoms. The van der Waals surface area contributed by atoms with E-state index in [0.717, 1.165) is 50.1 Å². The topological polar surface area (TPSA) is 48.7 Å². The van der Waals surface area contributed by atoms with Crippen LogP contribution in [0.3, 0.4) is 0 Å². The first-order valence-electron chi connectivity index (χ1n) is 11.0. The van der Waals surface area contributed by atoms with Crippen molar-refractivity contribution < 1.29 is 0 Å². The summed E-state index contributed by atoms with van der Waals surface area (Å²) in [7, 11) is 1.89. The van der Waals surface area contributed by atoms with E-state index in [4.69, 9.17) is 11.6 Å². The number of likely N-dealkylation sites (tertiary alicyclic amines) is 1. The smallest absolute Gasteiger partial charge is 0.193 e. The number of nitrogens with zero attached hydrogens (tertiary/aromatic N) is 5. The van der Waals surface area contributed by atoms with Gasteiger partial charge in [-0.3, -0.25) is 4.99 Å². The number of nitrogens with one attached hydrogen (secondary N) is 1. The number of hydrogen-bond acceptors (Lipinski definition) is 3. The van der Waals surface area contributed by atoms with E-state index in [9.17, 15) is 0 Å².